The molecule has 0 unspecified atom stereocenters. The summed E-state index contributed by atoms with van der Waals surface area (Å²) in [5.74, 6) is 0.270. The van der Waals surface area contributed by atoms with Crippen molar-refractivity contribution >= 4 is 27.5 Å². The van der Waals surface area contributed by atoms with E-state index in [0.717, 1.165) is 4.47 Å². The first-order valence-electron chi connectivity index (χ1n) is 6.20. The summed E-state index contributed by atoms with van der Waals surface area (Å²) in [6.45, 7) is 0.176. The number of rotatable bonds is 4. The zero-order valence-electron chi connectivity index (χ0n) is 11.4. The topological polar surface area (TPSA) is 84.6 Å². The van der Waals surface area contributed by atoms with E-state index in [2.05, 4.69) is 21.2 Å². The van der Waals surface area contributed by atoms with Gasteiger partial charge in [-0.05, 0) is 36.4 Å². The van der Waals surface area contributed by atoms with Crippen LogP contribution >= 0.6 is 15.9 Å². The zero-order chi connectivity index (χ0) is 15.4. The summed E-state index contributed by atoms with van der Waals surface area (Å²) in [6.07, 6.45) is 0. The third kappa shape index (κ3) is 3.66. The number of methoxy groups -OCH3 is 1. The van der Waals surface area contributed by atoms with Gasteiger partial charge in [-0.25, -0.2) is 0 Å². The number of anilines is 1. The predicted molar refractivity (Wildman–Crippen MR) is 84.4 cm³/mol. The predicted octanol–water partition coefficient (Wildman–Crippen LogP) is 2.68. The van der Waals surface area contributed by atoms with Gasteiger partial charge in [0.05, 0.1) is 12.7 Å². The number of hydrogen-bond donors (Lipinski definition) is 3. The Morgan fingerprint density at radius 1 is 1.33 bits per heavy atom. The van der Waals surface area contributed by atoms with Crippen LogP contribution < -0.4 is 15.8 Å². The second-order valence-corrected chi connectivity index (χ2v) is 5.33. The van der Waals surface area contributed by atoms with Gasteiger partial charge in [0.25, 0.3) is 5.91 Å². The third-order valence-corrected chi connectivity index (χ3v) is 3.44. The van der Waals surface area contributed by atoms with Gasteiger partial charge in [0, 0.05) is 22.3 Å². The van der Waals surface area contributed by atoms with Crippen LogP contribution in [0.4, 0.5) is 5.69 Å². The minimum atomic E-state index is -0.291. The van der Waals surface area contributed by atoms with Gasteiger partial charge in [-0.3, -0.25) is 4.79 Å². The molecule has 2 aromatic rings. The van der Waals surface area contributed by atoms with Crippen LogP contribution in [0.1, 0.15) is 15.9 Å². The molecule has 6 heteroatoms. The highest BCUT2D eigenvalue weighted by Gasteiger charge is 2.13. The Morgan fingerprint density at radius 2 is 2.10 bits per heavy atom. The number of phenolic OH excluding ortho intramolecular Hbond substituents is 1. The molecule has 0 radical (unpaired) electrons. The normalized spacial score (nSPS) is 10.2. The van der Waals surface area contributed by atoms with Crippen LogP contribution in [0.3, 0.4) is 0 Å². The number of nitrogens with one attached hydrogen (secondary N) is 1. The maximum atomic E-state index is 12.2. The Labute approximate surface area is 130 Å². The van der Waals surface area contributed by atoms with E-state index in [-0.39, 0.29) is 18.2 Å². The first-order valence-corrected chi connectivity index (χ1v) is 6.99. The number of nitrogen functional groups attached to an aromatic ring is 1. The van der Waals surface area contributed by atoms with E-state index in [1.165, 1.54) is 13.2 Å². The number of halogens is 1. The number of aromatic hydroxyl groups is 1. The Bertz CT molecular complexity index is 674. The molecule has 0 aliphatic heterocycles. The van der Waals surface area contributed by atoms with Crippen LogP contribution in [0.15, 0.2) is 40.9 Å². The van der Waals surface area contributed by atoms with Crippen LogP contribution in [0, 0.1) is 0 Å². The minimum absolute atomic E-state index is 0.0901. The molecule has 0 aromatic heterocycles. The van der Waals surface area contributed by atoms with Crippen molar-refractivity contribution in [2.24, 2.45) is 0 Å². The second kappa shape index (κ2) is 6.49. The fourth-order valence-corrected chi connectivity index (χ4v) is 2.21. The van der Waals surface area contributed by atoms with Gasteiger partial charge in [-0.1, -0.05) is 15.9 Å². The summed E-state index contributed by atoms with van der Waals surface area (Å²) < 4.78 is 6.01. The van der Waals surface area contributed by atoms with Crippen LogP contribution in [-0.4, -0.2) is 18.1 Å². The van der Waals surface area contributed by atoms with Crippen molar-refractivity contribution in [2.75, 3.05) is 12.8 Å². The lowest BCUT2D eigenvalue weighted by Crippen LogP contribution is -2.23. The lowest BCUT2D eigenvalue weighted by molar-refractivity contribution is 0.0947. The van der Waals surface area contributed by atoms with E-state index in [1.807, 2.05) is 0 Å². The molecule has 0 aliphatic rings. The average molecular weight is 351 g/mol. The first kappa shape index (κ1) is 15.2. The van der Waals surface area contributed by atoms with Gasteiger partial charge in [-0.2, -0.15) is 0 Å². The first-order chi connectivity index (χ1) is 10.0. The van der Waals surface area contributed by atoms with Crippen molar-refractivity contribution in [2.45, 2.75) is 6.54 Å². The van der Waals surface area contributed by atoms with Crippen LogP contribution in [0.5, 0.6) is 11.5 Å². The molecule has 110 valence electrons. The Hall–Kier alpha value is -2.21. The van der Waals surface area contributed by atoms with Crippen LogP contribution in [0.2, 0.25) is 0 Å². The van der Waals surface area contributed by atoms with E-state index in [9.17, 15) is 9.90 Å². The van der Waals surface area contributed by atoms with Crippen molar-refractivity contribution in [3.63, 3.8) is 0 Å². The molecule has 0 fully saturated rings. The molecule has 0 spiro atoms. The Balaban J connectivity index is 2.13. The molecule has 0 aliphatic carbocycles. The highest BCUT2D eigenvalue weighted by molar-refractivity contribution is 9.10. The summed E-state index contributed by atoms with van der Waals surface area (Å²) in [7, 11) is 1.50. The number of amides is 1. The number of ether oxygens (including phenoxy) is 1. The number of phenols is 1. The van der Waals surface area contributed by atoms with Gasteiger partial charge < -0.3 is 20.9 Å². The molecule has 4 N–H and O–H groups in total. The number of nitrogens with two attached hydrogens (primary N) is 1. The standard InChI is InChI=1S/C15H15BrN2O3/c1-21-14-7-10(16)2-4-12(14)15(20)18-8-9-6-11(17)3-5-13(9)19/h2-7,19H,8,17H2,1H3,(H,18,20). The molecule has 5 nitrogen and oxygen atoms in total. The molecule has 0 atom stereocenters. The molecule has 0 saturated heterocycles. The van der Waals surface area contributed by atoms with E-state index < -0.39 is 0 Å². The van der Waals surface area contributed by atoms with Gasteiger partial charge >= 0.3 is 0 Å². The summed E-state index contributed by atoms with van der Waals surface area (Å²) in [4.78, 5) is 12.2. The van der Waals surface area contributed by atoms with Crippen LogP contribution in [0.25, 0.3) is 0 Å². The molecule has 1 amide bonds. The Morgan fingerprint density at radius 3 is 2.81 bits per heavy atom. The smallest absolute Gasteiger partial charge is 0.255 e. The zero-order valence-corrected chi connectivity index (χ0v) is 13.0. The van der Waals surface area contributed by atoms with Gasteiger partial charge in [0.1, 0.15) is 11.5 Å². The number of hydrogen-bond acceptors (Lipinski definition) is 4. The fourth-order valence-electron chi connectivity index (χ4n) is 1.87. The van der Waals surface area contributed by atoms with Gasteiger partial charge in [0.2, 0.25) is 0 Å². The molecule has 0 bridgehead atoms. The van der Waals surface area contributed by atoms with E-state index in [4.69, 9.17) is 10.5 Å². The molecule has 2 rings (SSSR count). The summed E-state index contributed by atoms with van der Waals surface area (Å²) in [5.41, 5.74) is 7.16. The van der Waals surface area contributed by atoms with Crippen molar-refractivity contribution in [3.8, 4) is 11.5 Å². The van der Waals surface area contributed by atoms with Crippen LogP contribution in [-0.2, 0) is 6.54 Å². The van der Waals surface area contributed by atoms with Gasteiger partial charge in [-0.15, -0.1) is 0 Å². The minimum Gasteiger partial charge on any atom is -0.508 e. The highest BCUT2D eigenvalue weighted by atomic mass is 79.9. The average Bonchev–Trinajstić information content (AvgIpc) is 2.47. The SMILES string of the molecule is COc1cc(Br)ccc1C(=O)NCc1cc(N)ccc1O. The van der Waals surface area contributed by atoms with E-state index in [1.54, 1.807) is 30.3 Å². The van der Waals surface area contributed by atoms with E-state index in [0.29, 0.717) is 22.6 Å². The molecule has 21 heavy (non-hydrogen) atoms. The molecule has 0 heterocycles. The lowest BCUT2D eigenvalue weighted by atomic mass is 10.1. The molecular weight excluding hydrogens is 336 g/mol. The summed E-state index contributed by atoms with van der Waals surface area (Å²) in [6, 6.07) is 9.85. The van der Waals surface area contributed by atoms with Crippen molar-refractivity contribution < 1.29 is 14.6 Å². The van der Waals surface area contributed by atoms with E-state index >= 15 is 0 Å². The van der Waals surface area contributed by atoms with Gasteiger partial charge in [0.15, 0.2) is 0 Å². The number of carbonyl (C=O) groups excluding carboxylic acids is 1. The molecule has 0 saturated carbocycles. The molecule has 2 aromatic carbocycles. The summed E-state index contributed by atoms with van der Waals surface area (Å²) >= 11 is 3.32. The number of benzene rings is 2. The van der Waals surface area contributed by atoms with Crippen molar-refractivity contribution in [1.29, 1.82) is 0 Å². The fraction of sp³-hybridized carbons (Fsp3) is 0.133. The Kier molecular flexibility index (Phi) is 4.70. The van der Waals surface area contributed by atoms with Crippen molar-refractivity contribution in [1.82, 2.24) is 5.32 Å². The maximum absolute atomic E-state index is 12.2. The highest BCUT2D eigenvalue weighted by Crippen LogP contribution is 2.24. The second-order valence-electron chi connectivity index (χ2n) is 4.42. The largest absolute Gasteiger partial charge is 0.508 e. The third-order valence-electron chi connectivity index (χ3n) is 2.95. The quantitative estimate of drug-likeness (QED) is 0.584. The maximum Gasteiger partial charge on any atom is 0.255 e. The lowest BCUT2D eigenvalue weighted by Gasteiger charge is -2.11. The monoisotopic (exact) mass is 350 g/mol. The van der Waals surface area contributed by atoms with Crippen molar-refractivity contribution in [3.05, 3.63) is 52.0 Å². The number of carbonyl (C=O) groups is 1. The molecular formula is C15H15BrN2O3. The summed E-state index contributed by atoms with van der Waals surface area (Å²) in [5, 5.41) is 12.4.